The van der Waals surface area contributed by atoms with Gasteiger partial charge in [0.2, 0.25) is 0 Å². The van der Waals surface area contributed by atoms with Crippen LogP contribution in [0.25, 0.3) is 0 Å². The molecule has 4 atom stereocenters. The molecule has 1 aromatic heterocycles. The van der Waals surface area contributed by atoms with Crippen LogP contribution in [0.1, 0.15) is 23.6 Å². The van der Waals surface area contributed by atoms with Crippen LogP contribution < -0.4 is 10.6 Å². The third-order valence-corrected chi connectivity index (χ3v) is 3.70. The van der Waals surface area contributed by atoms with Crippen LogP contribution in [0.5, 0.6) is 0 Å². The average Bonchev–Trinajstić information content (AvgIpc) is 2.92. The van der Waals surface area contributed by atoms with E-state index in [0.29, 0.717) is 5.82 Å². The van der Waals surface area contributed by atoms with Crippen molar-refractivity contribution in [2.75, 3.05) is 18.6 Å². The van der Waals surface area contributed by atoms with Crippen LogP contribution in [0.3, 0.4) is 0 Å². The number of imidazole rings is 1. The number of nitrogens with one attached hydrogen (secondary N) is 2. The SMILES string of the molecule is C[C@]1(O)C(O)[C@@H](CO)O[C@H]1n1cnc2c1NCNC2=O. The molecule has 110 valence electrons. The van der Waals surface area contributed by atoms with Gasteiger partial charge < -0.3 is 30.7 Å². The van der Waals surface area contributed by atoms with Crippen LogP contribution in [0.4, 0.5) is 5.82 Å². The first-order valence-corrected chi connectivity index (χ1v) is 6.22. The monoisotopic (exact) mass is 284 g/mol. The summed E-state index contributed by atoms with van der Waals surface area (Å²) in [5, 5.41) is 35.0. The summed E-state index contributed by atoms with van der Waals surface area (Å²) in [5.41, 5.74) is -1.42. The lowest BCUT2D eigenvalue weighted by molar-refractivity contribution is -0.0958. The van der Waals surface area contributed by atoms with Crippen molar-refractivity contribution in [2.24, 2.45) is 0 Å². The van der Waals surface area contributed by atoms with Gasteiger partial charge in [0, 0.05) is 0 Å². The van der Waals surface area contributed by atoms with E-state index in [2.05, 4.69) is 15.6 Å². The Labute approximate surface area is 114 Å². The molecule has 2 aliphatic rings. The van der Waals surface area contributed by atoms with Crippen LogP contribution in [0, 0.1) is 0 Å². The number of rotatable bonds is 2. The van der Waals surface area contributed by atoms with Crippen molar-refractivity contribution in [3.05, 3.63) is 12.0 Å². The Bertz CT molecular complexity index is 543. The quantitative estimate of drug-likeness (QED) is 0.424. The van der Waals surface area contributed by atoms with E-state index in [9.17, 15) is 15.0 Å². The molecule has 1 aromatic rings. The van der Waals surface area contributed by atoms with Crippen molar-refractivity contribution in [1.82, 2.24) is 14.9 Å². The largest absolute Gasteiger partial charge is 0.394 e. The summed E-state index contributed by atoms with van der Waals surface area (Å²) in [6.07, 6.45) is -1.74. The molecular weight excluding hydrogens is 268 g/mol. The van der Waals surface area contributed by atoms with E-state index in [1.54, 1.807) is 0 Å². The van der Waals surface area contributed by atoms with E-state index in [-0.39, 0.29) is 18.3 Å². The molecule has 0 bridgehead atoms. The zero-order valence-corrected chi connectivity index (χ0v) is 10.8. The smallest absolute Gasteiger partial charge is 0.275 e. The number of amides is 1. The van der Waals surface area contributed by atoms with Gasteiger partial charge in [-0.25, -0.2) is 4.98 Å². The summed E-state index contributed by atoms with van der Waals surface area (Å²) >= 11 is 0. The molecule has 0 aromatic carbocycles. The van der Waals surface area contributed by atoms with Gasteiger partial charge in [0.05, 0.1) is 19.6 Å². The van der Waals surface area contributed by atoms with Crippen LogP contribution >= 0.6 is 0 Å². The predicted molar refractivity (Wildman–Crippen MR) is 65.8 cm³/mol. The molecule has 3 rings (SSSR count). The van der Waals surface area contributed by atoms with Crippen molar-refractivity contribution in [2.45, 2.75) is 31.0 Å². The van der Waals surface area contributed by atoms with E-state index < -0.39 is 30.6 Å². The minimum absolute atomic E-state index is 0.192. The van der Waals surface area contributed by atoms with Gasteiger partial charge in [-0.3, -0.25) is 9.36 Å². The second-order valence-electron chi connectivity index (χ2n) is 5.09. The summed E-state index contributed by atoms with van der Waals surface area (Å²) in [4.78, 5) is 15.6. The second-order valence-corrected chi connectivity index (χ2v) is 5.09. The van der Waals surface area contributed by atoms with Gasteiger partial charge in [-0.05, 0) is 6.92 Å². The molecule has 3 heterocycles. The van der Waals surface area contributed by atoms with Crippen molar-refractivity contribution < 1.29 is 24.9 Å². The zero-order valence-electron chi connectivity index (χ0n) is 10.8. The molecule has 0 radical (unpaired) electrons. The summed E-state index contributed by atoms with van der Waals surface area (Å²) in [7, 11) is 0. The maximum absolute atomic E-state index is 11.6. The highest BCUT2D eigenvalue weighted by atomic mass is 16.6. The highest BCUT2D eigenvalue weighted by Crippen LogP contribution is 2.40. The molecule has 1 fully saturated rings. The van der Waals surface area contributed by atoms with E-state index in [1.165, 1.54) is 17.8 Å². The topological polar surface area (TPSA) is 129 Å². The summed E-state index contributed by atoms with van der Waals surface area (Å²) in [6, 6.07) is 0. The minimum atomic E-state index is -1.61. The second kappa shape index (κ2) is 4.42. The van der Waals surface area contributed by atoms with Crippen molar-refractivity contribution >= 4 is 11.7 Å². The Morgan fingerprint density at radius 1 is 1.60 bits per heavy atom. The average molecular weight is 284 g/mol. The zero-order chi connectivity index (χ0) is 14.5. The number of aromatic nitrogens is 2. The molecule has 0 saturated carbocycles. The van der Waals surface area contributed by atoms with Crippen molar-refractivity contribution in [3.63, 3.8) is 0 Å². The molecule has 1 saturated heterocycles. The number of carbonyl (C=O) groups excluding carboxylic acids is 1. The Kier molecular flexibility index (Phi) is 2.94. The van der Waals surface area contributed by atoms with Gasteiger partial charge >= 0.3 is 0 Å². The number of aliphatic hydroxyl groups is 3. The summed E-state index contributed by atoms with van der Waals surface area (Å²) in [5.74, 6) is 0.0826. The molecule has 9 heteroatoms. The Morgan fingerprint density at radius 3 is 3.00 bits per heavy atom. The number of anilines is 1. The number of nitrogens with zero attached hydrogens (tertiary/aromatic N) is 2. The van der Waals surface area contributed by atoms with E-state index in [4.69, 9.17) is 9.84 Å². The lowest BCUT2D eigenvalue weighted by Crippen LogP contribution is -2.44. The molecule has 9 nitrogen and oxygen atoms in total. The minimum Gasteiger partial charge on any atom is -0.394 e. The van der Waals surface area contributed by atoms with Crippen LogP contribution in [-0.2, 0) is 4.74 Å². The Hall–Kier alpha value is -1.68. The number of aliphatic hydroxyl groups excluding tert-OH is 2. The fraction of sp³-hybridized carbons (Fsp3) is 0.636. The number of ether oxygens (including phenoxy) is 1. The normalized spacial score (nSPS) is 36.4. The Balaban J connectivity index is 2.00. The maximum Gasteiger partial charge on any atom is 0.275 e. The first kappa shape index (κ1) is 13.3. The summed E-state index contributed by atoms with van der Waals surface area (Å²) < 4.78 is 6.94. The first-order valence-electron chi connectivity index (χ1n) is 6.22. The number of carbonyl (C=O) groups is 1. The van der Waals surface area contributed by atoms with Gasteiger partial charge in [-0.2, -0.15) is 0 Å². The molecular formula is C11H16N4O5. The fourth-order valence-corrected chi connectivity index (χ4v) is 2.56. The fourth-order valence-electron chi connectivity index (χ4n) is 2.56. The van der Waals surface area contributed by atoms with Crippen molar-refractivity contribution in [1.29, 1.82) is 0 Å². The molecule has 1 amide bonds. The standard InChI is InChI=1S/C11H16N4O5/c1-11(19)7(17)5(2-16)20-10(11)15-4-14-6-8(15)12-3-13-9(6)18/h4-5,7,10,12,16-17,19H,2-3H2,1H3,(H,13,18)/t5-,7?,10-,11+/m1/s1. The highest BCUT2D eigenvalue weighted by Gasteiger charge is 2.53. The number of fused-ring (bicyclic) bond motifs is 1. The number of hydrogen-bond acceptors (Lipinski definition) is 7. The highest BCUT2D eigenvalue weighted by molar-refractivity contribution is 5.98. The van der Waals surface area contributed by atoms with Crippen LogP contribution in [0.15, 0.2) is 6.33 Å². The van der Waals surface area contributed by atoms with E-state index in [0.717, 1.165) is 0 Å². The molecule has 5 N–H and O–H groups in total. The van der Waals surface area contributed by atoms with Crippen LogP contribution in [0.2, 0.25) is 0 Å². The molecule has 20 heavy (non-hydrogen) atoms. The molecule has 1 unspecified atom stereocenters. The van der Waals surface area contributed by atoms with Gasteiger partial charge in [0.1, 0.15) is 23.6 Å². The Morgan fingerprint density at radius 2 is 2.35 bits per heavy atom. The molecule has 2 aliphatic heterocycles. The lowest BCUT2D eigenvalue weighted by Gasteiger charge is -2.29. The molecule has 0 aliphatic carbocycles. The lowest BCUT2D eigenvalue weighted by atomic mass is 9.96. The van der Waals surface area contributed by atoms with Gasteiger partial charge in [0.15, 0.2) is 11.9 Å². The predicted octanol–water partition coefficient (Wildman–Crippen LogP) is -2.00. The van der Waals surface area contributed by atoms with Crippen LogP contribution in [-0.4, -0.2) is 61.9 Å². The van der Waals surface area contributed by atoms with Gasteiger partial charge in [-0.1, -0.05) is 0 Å². The first-order chi connectivity index (χ1) is 9.46. The van der Waals surface area contributed by atoms with E-state index >= 15 is 0 Å². The summed E-state index contributed by atoms with van der Waals surface area (Å²) in [6.45, 7) is 1.23. The van der Waals surface area contributed by atoms with E-state index in [1.807, 2.05) is 0 Å². The maximum atomic E-state index is 11.6. The van der Waals surface area contributed by atoms with Gasteiger partial charge in [0.25, 0.3) is 5.91 Å². The molecule has 0 spiro atoms. The van der Waals surface area contributed by atoms with Crippen molar-refractivity contribution in [3.8, 4) is 0 Å². The van der Waals surface area contributed by atoms with Gasteiger partial charge in [-0.15, -0.1) is 0 Å². The third kappa shape index (κ3) is 1.71. The number of hydrogen-bond donors (Lipinski definition) is 5. The third-order valence-electron chi connectivity index (χ3n) is 3.70.